The van der Waals surface area contributed by atoms with E-state index in [0.29, 0.717) is 32.8 Å². The molecule has 0 saturated carbocycles. The van der Waals surface area contributed by atoms with Crippen LogP contribution in [0.2, 0.25) is 10.0 Å². The number of nitriles is 1. The summed E-state index contributed by atoms with van der Waals surface area (Å²) in [5.41, 5.74) is 1.01. The molecule has 0 fully saturated rings. The van der Waals surface area contributed by atoms with Crippen LogP contribution in [0.15, 0.2) is 35.9 Å². The van der Waals surface area contributed by atoms with Gasteiger partial charge in [0.25, 0.3) is 5.91 Å². The second-order valence-corrected chi connectivity index (χ2v) is 7.93. The highest BCUT2D eigenvalue weighted by molar-refractivity contribution is 14.1. The smallest absolute Gasteiger partial charge is 0.266 e. The summed E-state index contributed by atoms with van der Waals surface area (Å²) in [4.78, 5) is 12.5. The Morgan fingerprint density at radius 3 is 2.54 bits per heavy atom. The molecule has 5 nitrogen and oxygen atoms in total. The molecule has 0 aliphatic heterocycles. The number of halogens is 3. The molecule has 0 atom stereocenters. The number of carbonyl (C=O) groups is 1. The van der Waals surface area contributed by atoms with Gasteiger partial charge in [0.2, 0.25) is 0 Å². The lowest BCUT2D eigenvalue weighted by Crippen LogP contribution is -2.13. The van der Waals surface area contributed by atoms with Gasteiger partial charge in [-0.2, -0.15) is 5.26 Å². The van der Waals surface area contributed by atoms with Crippen molar-refractivity contribution < 1.29 is 14.3 Å². The number of rotatable bonds is 6. The van der Waals surface area contributed by atoms with Crippen LogP contribution in [0.3, 0.4) is 0 Å². The van der Waals surface area contributed by atoms with E-state index in [1.807, 2.05) is 26.0 Å². The van der Waals surface area contributed by atoms with Gasteiger partial charge >= 0.3 is 0 Å². The van der Waals surface area contributed by atoms with Gasteiger partial charge in [-0.15, -0.1) is 0 Å². The van der Waals surface area contributed by atoms with Crippen LogP contribution in [0.1, 0.15) is 19.4 Å². The van der Waals surface area contributed by atoms with Gasteiger partial charge in [0.1, 0.15) is 11.6 Å². The third kappa shape index (κ3) is 5.77. The number of benzene rings is 2. The van der Waals surface area contributed by atoms with Crippen molar-refractivity contribution in [3.8, 4) is 17.6 Å². The van der Waals surface area contributed by atoms with Crippen LogP contribution < -0.4 is 14.8 Å². The van der Waals surface area contributed by atoms with Crippen molar-refractivity contribution in [2.24, 2.45) is 0 Å². The van der Waals surface area contributed by atoms with Crippen molar-refractivity contribution >= 4 is 63.5 Å². The van der Waals surface area contributed by atoms with E-state index in [2.05, 4.69) is 27.9 Å². The molecule has 0 unspecified atom stereocenters. The van der Waals surface area contributed by atoms with Crippen LogP contribution in [-0.4, -0.2) is 19.1 Å². The summed E-state index contributed by atoms with van der Waals surface area (Å²) in [6.45, 7) is 3.84. The lowest BCUT2D eigenvalue weighted by Gasteiger charge is -2.16. The molecule has 2 aromatic rings. The quantitative estimate of drug-likeness (QED) is 0.285. The van der Waals surface area contributed by atoms with E-state index >= 15 is 0 Å². The summed E-state index contributed by atoms with van der Waals surface area (Å²) in [6.07, 6.45) is 1.46. The lowest BCUT2D eigenvalue weighted by atomic mass is 10.1. The summed E-state index contributed by atoms with van der Waals surface area (Å²) in [5, 5.41) is 12.7. The van der Waals surface area contributed by atoms with E-state index in [4.69, 9.17) is 32.7 Å². The summed E-state index contributed by atoms with van der Waals surface area (Å²) in [5.74, 6) is 0.584. The Morgan fingerprint density at radius 1 is 1.25 bits per heavy atom. The van der Waals surface area contributed by atoms with Crippen LogP contribution in [0.25, 0.3) is 6.08 Å². The largest absolute Gasteiger partial charge is 0.493 e. The molecule has 0 saturated heterocycles. The molecule has 0 spiro atoms. The normalized spacial score (nSPS) is 11.1. The van der Waals surface area contributed by atoms with Crippen molar-refractivity contribution in [1.82, 2.24) is 0 Å². The Bertz CT molecular complexity index is 969. The van der Waals surface area contributed by atoms with E-state index < -0.39 is 5.91 Å². The standard InChI is InChI=1S/C20H17Cl2IN2O3/c1-11(2)28-19-17(23)7-12(8-18(19)27-3)6-13(10-24)20(26)25-14-4-5-15(21)16(22)9-14/h4-9,11H,1-3H3,(H,25,26)/b13-6+. The number of hydrogen-bond donors (Lipinski definition) is 1. The molecular weight excluding hydrogens is 514 g/mol. The summed E-state index contributed by atoms with van der Waals surface area (Å²) >= 11 is 13.9. The molecule has 0 bridgehead atoms. The predicted octanol–water partition coefficient (Wildman–Crippen LogP) is 5.94. The first-order valence-electron chi connectivity index (χ1n) is 8.17. The maximum Gasteiger partial charge on any atom is 0.266 e. The lowest BCUT2D eigenvalue weighted by molar-refractivity contribution is -0.112. The van der Waals surface area contributed by atoms with Gasteiger partial charge in [-0.3, -0.25) is 4.79 Å². The number of ether oxygens (including phenoxy) is 2. The van der Waals surface area contributed by atoms with Gasteiger partial charge < -0.3 is 14.8 Å². The number of nitrogens with one attached hydrogen (secondary N) is 1. The zero-order chi connectivity index (χ0) is 20.8. The molecule has 1 N–H and O–H groups in total. The molecule has 2 rings (SSSR count). The molecule has 0 radical (unpaired) electrons. The van der Waals surface area contributed by atoms with Gasteiger partial charge in [0.05, 0.1) is 26.8 Å². The molecule has 28 heavy (non-hydrogen) atoms. The molecular formula is C20H17Cl2IN2O3. The summed E-state index contributed by atoms with van der Waals surface area (Å²) in [7, 11) is 1.54. The Kier molecular flexibility index (Phi) is 7.98. The van der Waals surface area contributed by atoms with Crippen molar-refractivity contribution in [2.45, 2.75) is 20.0 Å². The molecule has 0 aliphatic rings. The fourth-order valence-corrected chi connectivity index (χ4v) is 3.31. The number of hydrogen-bond acceptors (Lipinski definition) is 4. The second-order valence-electron chi connectivity index (χ2n) is 5.95. The third-order valence-electron chi connectivity index (χ3n) is 3.46. The van der Waals surface area contributed by atoms with Gasteiger partial charge in [-0.05, 0) is 78.4 Å². The van der Waals surface area contributed by atoms with Gasteiger partial charge in [0.15, 0.2) is 11.5 Å². The Labute approximate surface area is 187 Å². The van der Waals surface area contributed by atoms with Crippen LogP contribution >= 0.6 is 45.8 Å². The van der Waals surface area contributed by atoms with Crippen molar-refractivity contribution in [3.63, 3.8) is 0 Å². The maximum atomic E-state index is 12.5. The second kappa shape index (κ2) is 10.0. The van der Waals surface area contributed by atoms with E-state index in [1.54, 1.807) is 18.2 Å². The predicted molar refractivity (Wildman–Crippen MR) is 120 cm³/mol. The highest BCUT2D eigenvalue weighted by Gasteiger charge is 2.15. The topological polar surface area (TPSA) is 71.3 Å². The van der Waals surface area contributed by atoms with E-state index in [-0.39, 0.29) is 11.7 Å². The Hall–Kier alpha value is -1.95. The molecule has 0 aromatic heterocycles. The molecule has 146 valence electrons. The number of methoxy groups -OCH3 is 1. The monoisotopic (exact) mass is 530 g/mol. The minimum Gasteiger partial charge on any atom is -0.493 e. The highest BCUT2D eigenvalue weighted by atomic mass is 127. The number of nitrogens with zero attached hydrogens (tertiary/aromatic N) is 1. The minimum atomic E-state index is -0.558. The first-order chi connectivity index (χ1) is 13.2. The highest BCUT2D eigenvalue weighted by Crippen LogP contribution is 2.35. The van der Waals surface area contributed by atoms with Gasteiger partial charge in [-0.1, -0.05) is 23.2 Å². The SMILES string of the molecule is COc1cc(/C=C(\C#N)C(=O)Nc2ccc(Cl)c(Cl)c2)cc(I)c1OC(C)C. The molecule has 8 heteroatoms. The zero-order valence-electron chi connectivity index (χ0n) is 15.3. The summed E-state index contributed by atoms with van der Waals surface area (Å²) < 4.78 is 12.0. The third-order valence-corrected chi connectivity index (χ3v) is 5.00. The summed E-state index contributed by atoms with van der Waals surface area (Å²) in [6, 6.07) is 10.1. The first kappa shape index (κ1) is 22.3. The number of anilines is 1. The van der Waals surface area contributed by atoms with E-state index in [0.717, 1.165) is 3.57 Å². The fourth-order valence-electron chi connectivity index (χ4n) is 2.26. The zero-order valence-corrected chi connectivity index (χ0v) is 19.0. The van der Waals surface area contributed by atoms with Crippen LogP contribution in [0.4, 0.5) is 5.69 Å². The number of carbonyl (C=O) groups excluding carboxylic acids is 1. The van der Waals surface area contributed by atoms with Crippen molar-refractivity contribution in [1.29, 1.82) is 5.26 Å². The van der Waals surface area contributed by atoms with Crippen molar-refractivity contribution in [2.75, 3.05) is 12.4 Å². The first-order valence-corrected chi connectivity index (χ1v) is 10.0. The molecule has 1 amide bonds. The van der Waals surface area contributed by atoms with Crippen LogP contribution in [0.5, 0.6) is 11.5 Å². The van der Waals surface area contributed by atoms with Crippen LogP contribution in [0, 0.1) is 14.9 Å². The average Bonchev–Trinajstić information content (AvgIpc) is 2.64. The Balaban J connectivity index is 2.32. The molecule has 0 heterocycles. The van der Waals surface area contributed by atoms with Crippen molar-refractivity contribution in [3.05, 3.63) is 55.1 Å². The van der Waals surface area contributed by atoms with Crippen LogP contribution in [-0.2, 0) is 4.79 Å². The van der Waals surface area contributed by atoms with Gasteiger partial charge in [0, 0.05) is 5.69 Å². The van der Waals surface area contributed by atoms with E-state index in [1.165, 1.54) is 19.3 Å². The average molecular weight is 531 g/mol. The molecule has 0 aliphatic carbocycles. The maximum absolute atomic E-state index is 12.5. The fraction of sp³-hybridized carbons (Fsp3) is 0.200. The van der Waals surface area contributed by atoms with E-state index in [9.17, 15) is 10.1 Å². The van der Waals surface area contributed by atoms with Gasteiger partial charge in [-0.25, -0.2) is 0 Å². The minimum absolute atomic E-state index is 0.0181. The Morgan fingerprint density at radius 2 is 1.96 bits per heavy atom. The number of amides is 1. The molecule has 2 aromatic carbocycles.